The van der Waals surface area contributed by atoms with Gasteiger partial charge in [-0.1, -0.05) is 6.07 Å². The molecular weight excluding hydrogens is 268 g/mol. The molecule has 7 heteroatoms. The van der Waals surface area contributed by atoms with Crippen LogP contribution in [0.2, 0.25) is 0 Å². The monoisotopic (exact) mass is 282 g/mol. The van der Waals surface area contributed by atoms with Crippen LogP contribution in [0, 0.1) is 0 Å². The van der Waals surface area contributed by atoms with E-state index in [4.69, 9.17) is 5.73 Å². The zero-order valence-electron chi connectivity index (χ0n) is 8.84. The summed E-state index contributed by atoms with van der Waals surface area (Å²) in [6, 6.07) is 7.24. The van der Waals surface area contributed by atoms with Crippen molar-refractivity contribution in [1.29, 1.82) is 0 Å². The van der Waals surface area contributed by atoms with Crippen LogP contribution in [0.5, 0.6) is 0 Å². The molecule has 0 amide bonds. The van der Waals surface area contributed by atoms with E-state index < -0.39 is 10.0 Å². The number of rotatable bonds is 5. The van der Waals surface area contributed by atoms with Gasteiger partial charge in [0.05, 0.1) is 5.75 Å². The number of halogens is 1. The number of benzene rings is 1. The molecule has 0 aromatic heterocycles. The topological polar surface area (TPSA) is 72.2 Å². The molecule has 4 nitrogen and oxygen atoms in total. The maximum Gasteiger partial charge on any atom is 0.233 e. The van der Waals surface area contributed by atoms with E-state index >= 15 is 0 Å². The molecule has 0 atom stereocenters. The average molecular weight is 283 g/mol. The molecule has 16 heavy (non-hydrogen) atoms. The Morgan fingerprint density at radius 3 is 2.69 bits per heavy atom. The number of thioether (sulfide) groups is 1. The van der Waals surface area contributed by atoms with Gasteiger partial charge in [0, 0.05) is 17.1 Å². The molecule has 0 saturated heterocycles. The second-order valence-corrected chi connectivity index (χ2v) is 5.66. The molecule has 1 aromatic rings. The number of nitrogens with two attached hydrogens (primary N) is 1. The Balaban J connectivity index is 0.00000225. The predicted octanol–water partition coefficient (Wildman–Crippen LogP) is 1.53. The third-order valence-corrected chi connectivity index (χ3v) is 3.77. The predicted molar refractivity (Wildman–Crippen MR) is 71.9 cm³/mol. The van der Waals surface area contributed by atoms with Crippen molar-refractivity contribution in [3.63, 3.8) is 0 Å². The summed E-state index contributed by atoms with van der Waals surface area (Å²) < 4.78 is 25.3. The minimum absolute atomic E-state index is 0. The maximum absolute atomic E-state index is 11.4. The quantitative estimate of drug-likeness (QED) is 0.804. The van der Waals surface area contributed by atoms with Gasteiger partial charge in [0.15, 0.2) is 0 Å². The Morgan fingerprint density at radius 2 is 2.12 bits per heavy atom. The van der Waals surface area contributed by atoms with E-state index in [1.165, 1.54) is 0 Å². The number of nitrogens with one attached hydrogen (secondary N) is 1. The Bertz CT molecular complexity index is 423. The highest BCUT2D eigenvalue weighted by molar-refractivity contribution is 7.98. The zero-order chi connectivity index (χ0) is 11.3. The maximum atomic E-state index is 11.4. The first-order valence-electron chi connectivity index (χ1n) is 4.42. The summed E-state index contributed by atoms with van der Waals surface area (Å²) in [5.74, 6) is -0.0590. The Morgan fingerprint density at radius 1 is 1.44 bits per heavy atom. The highest BCUT2D eigenvalue weighted by atomic mass is 35.5. The van der Waals surface area contributed by atoms with Gasteiger partial charge < -0.3 is 5.73 Å². The van der Waals surface area contributed by atoms with Crippen molar-refractivity contribution in [3.05, 3.63) is 24.3 Å². The second-order valence-electron chi connectivity index (χ2n) is 2.94. The highest BCUT2D eigenvalue weighted by Crippen LogP contribution is 2.19. The van der Waals surface area contributed by atoms with Gasteiger partial charge in [-0.2, -0.15) is 0 Å². The smallest absolute Gasteiger partial charge is 0.233 e. The van der Waals surface area contributed by atoms with Crippen molar-refractivity contribution in [2.75, 3.05) is 23.3 Å². The fourth-order valence-electron chi connectivity index (χ4n) is 1.07. The van der Waals surface area contributed by atoms with E-state index in [-0.39, 0.29) is 24.7 Å². The summed E-state index contributed by atoms with van der Waals surface area (Å²) in [4.78, 5) is 1.02. The fraction of sp³-hybridized carbons (Fsp3) is 0.333. The first-order valence-corrected chi connectivity index (χ1v) is 7.30. The van der Waals surface area contributed by atoms with Gasteiger partial charge in [0.25, 0.3) is 0 Å². The van der Waals surface area contributed by atoms with Crippen molar-refractivity contribution in [2.24, 2.45) is 5.73 Å². The van der Waals surface area contributed by atoms with Crippen molar-refractivity contribution in [2.45, 2.75) is 4.90 Å². The van der Waals surface area contributed by atoms with E-state index in [0.29, 0.717) is 5.69 Å². The molecule has 0 aliphatic rings. The summed E-state index contributed by atoms with van der Waals surface area (Å²) in [5, 5.41) is 0. The van der Waals surface area contributed by atoms with Gasteiger partial charge in [-0.15, -0.1) is 24.2 Å². The lowest BCUT2D eigenvalue weighted by Gasteiger charge is -2.07. The van der Waals surface area contributed by atoms with Crippen molar-refractivity contribution in [3.8, 4) is 0 Å². The Labute approximate surface area is 106 Å². The van der Waals surface area contributed by atoms with Gasteiger partial charge >= 0.3 is 0 Å². The van der Waals surface area contributed by atoms with E-state index in [1.807, 2.05) is 18.4 Å². The first-order chi connectivity index (χ1) is 7.07. The van der Waals surface area contributed by atoms with Crippen LogP contribution >= 0.6 is 24.2 Å². The molecule has 0 spiro atoms. The molecule has 0 aliphatic carbocycles. The lowest BCUT2D eigenvalue weighted by Crippen LogP contribution is -2.22. The third kappa shape index (κ3) is 5.07. The molecule has 0 unspecified atom stereocenters. The van der Waals surface area contributed by atoms with E-state index in [0.717, 1.165) is 4.90 Å². The average Bonchev–Trinajstić information content (AvgIpc) is 2.17. The molecule has 0 fully saturated rings. The van der Waals surface area contributed by atoms with Gasteiger partial charge in [-0.25, -0.2) is 8.42 Å². The SMILES string of the molecule is CSc1cccc(NS(=O)(=O)CCN)c1.Cl. The normalized spacial score (nSPS) is 10.6. The van der Waals surface area contributed by atoms with E-state index in [1.54, 1.807) is 23.9 Å². The molecule has 1 aromatic carbocycles. The summed E-state index contributed by atoms with van der Waals surface area (Å²) in [6.07, 6.45) is 1.94. The lowest BCUT2D eigenvalue weighted by atomic mass is 10.3. The zero-order valence-corrected chi connectivity index (χ0v) is 11.3. The number of hydrogen-bond acceptors (Lipinski definition) is 4. The molecule has 0 saturated carbocycles. The van der Waals surface area contributed by atoms with Crippen molar-refractivity contribution >= 4 is 39.9 Å². The van der Waals surface area contributed by atoms with Crippen LogP contribution in [-0.2, 0) is 10.0 Å². The van der Waals surface area contributed by atoms with Crippen LogP contribution in [0.1, 0.15) is 0 Å². The van der Waals surface area contributed by atoms with Gasteiger partial charge in [-0.3, -0.25) is 4.72 Å². The van der Waals surface area contributed by atoms with Crippen LogP contribution in [0.25, 0.3) is 0 Å². The van der Waals surface area contributed by atoms with Gasteiger partial charge in [-0.05, 0) is 24.5 Å². The van der Waals surface area contributed by atoms with Crippen LogP contribution in [-0.4, -0.2) is 27.0 Å². The fourth-order valence-corrected chi connectivity index (χ4v) is 2.43. The third-order valence-electron chi connectivity index (χ3n) is 1.73. The molecule has 92 valence electrons. The first kappa shape index (κ1) is 15.6. The van der Waals surface area contributed by atoms with Crippen LogP contribution in [0.15, 0.2) is 29.2 Å². The summed E-state index contributed by atoms with van der Waals surface area (Å²) in [5.41, 5.74) is 5.78. The van der Waals surface area contributed by atoms with Crippen molar-refractivity contribution in [1.82, 2.24) is 0 Å². The second kappa shape index (κ2) is 7.01. The van der Waals surface area contributed by atoms with Crippen LogP contribution in [0.4, 0.5) is 5.69 Å². The van der Waals surface area contributed by atoms with E-state index in [2.05, 4.69) is 4.72 Å². The summed E-state index contributed by atoms with van der Waals surface area (Å²) in [7, 11) is -3.29. The molecule has 0 radical (unpaired) electrons. The Kier molecular flexibility index (Phi) is 6.82. The van der Waals surface area contributed by atoms with Crippen molar-refractivity contribution < 1.29 is 8.42 Å². The summed E-state index contributed by atoms with van der Waals surface area (Å²) >= 11 is 1.56. The molecule has 0 heterocycles. The van der Waals surface area contributed by atoms with Gasteiger partial charge in [0.1, 0.15) is 0 Å². The Hall–Kier alpha value is -0.430. The minimum atomic E-state index is -3.29. The molecule has 3 N–H and O–H groups in total. The molecule has 0 aliphatic heterocycles. The number of anilines is 1. The highest BCUT2D eigenvalue weighted by Gasteiger charge is 2.08. The lowest BCUT2D eigenvalue weighted by molar-refractivity contribution is 0.601. The number of hydrogen-bond donors (Lipinski definition) is 2. The number of sulfonamides is 1. The van der Waals surface area contributed by atoms with Crippen LogP contribution in [0.3, 0.4) is 0 Å². The standard InChI is InChI=1S/C9H14N2O2S2.ClH/c1-14-9-4-2-3-8(7-9)11-15(12,13)6-5-10;/h2-4,7,11H,5-6,10H2,1H3;1H. The molecule has 0 bridgehead atoms. The van der Waals surface area contributed by atoms with Gasteiger partial charge in [0.2, 0.25) is 10.0 Å². The minimum Gasteiger partial charge on any atom is -0.329 e. The van der Waals surface area contributed by atoms with Crippen LogP contribution < -0.4 is 10.5 Å². The van der Waals surface area contributed by atoms with E-state index in [9.17, 15) is 8.42 Å². The summed E-state index contributed by atoms with van der Waals surface area (Å²) in [6.45, 7) is 0.123. The molecule has 1 rings (SSSR count). The molecular formula is C9H15ClN2O2S2. The largest absolute Gasteiger partial charge is 0.329 e.